The third-order valence-electron chi connectivity index (χ3n) is 4.31. The summed E-state index contributed by atoms with van der Waals surface area (Å²) >= 11 is 0. The second-order valence-electron chi connectivity index (χ2n) is 6.17. The predicted octanol–water partition coefficient (Wildman–Crippen LogP) is 1.03. The average molecular weight is 357 g/mol. The standard InChI is InChI=1S/C19H23N3O4/c1-2-6-16(17(20)23)21-18(24)15-9-11-22(12-10-15)19(25)26-13-14-7-4-3-5-8-14/h1,3-5,7-8,15-16H,6,9-13H2,(H2,20,23)(H,21,24)/t16-/m0/s1. The van der Waals surface area contributed by atoms with E-state index in [2.05, 4.69) is 11.2 Å². The summed E-state index contributed by atoms with van der Waals surface area (Å²) in [6.07, 6.45) is 5.83. The van der Waals surface area contributed by atoms with Crippen LogP contribution in [0, 0.1) is 18.3 Å². The van der Waals surface area contributed by atoms with E-state index in [1.165, 1.54) is 0 Å². The highest BCUT2D eigenvalue weighted by atomic mass is 16.6. The number of rotatable bonds is 6. The lowest BCUT2D eigenvalue weighted by atomic mass is 9.95. The zero-order valence-electron chi connectivity index (χ0n) is 14.5. The molecule has 1 aromatic carbocycles. The number of carbonyl (C=O) groups is 3. The zero-order valence-corrected chi connectivity index (χ0v) is 14.5. The van der Waals surface area contributed by atoms with Crippen LogP contribution >= 0.6 is 0 Å². The maximum absolute atomic E-state index is 12.3. The highest BCUT2D eigenvalue weighted by Crippen LogP contribution is 2.18. The van der Waals surface area contributed by atoms with Gasteiger partial charge in [-0.1, -0.05) is 30.3 Å². The maximum atomic E-state index is 12.3. The number of amides is 3. The van der Waals surface area contributed by atoms with E-state index in [9.17, 15) is 14.4 Å². The molecule has 7 heteroatoms. The van der Waals surface area contributed by atoms with Gasteiger partial charge in [-0.2, -0.15) is 0 Å². The van der Waals surface area contributed by atoms with E-state index >= 15 is 0 Å². The molecule has 0 spiro atoms. The monoisotopic (exact) mass is 357 g/mol. The van der Waals surface area contributed by atoms with Gasteiger partial charge in [-0.15, -0.1) is 12.3 Å². The summed E-state index contributed by atoms with van der Waals surface area (Å²) in [5, 5.41) is 2.59. The lowest BCUT2D eigenvalue weighted by molar-refractivity contribution is -0.130. The first-order valence-electron chi connectivity index (χ1n) is 8.50. The molecule has 138 valence electrons. The molecule has 0 saturated carbocycles. The number of hydrogen-bond donors (Lipinski definition) is 2. The van der Waals surface area contributed by atoms with Gasteiger partial charge in [0.1, 0.15) is 12.6 Å². The minimum absolute atomic E-state index is 0.0612. The van der Waals surface area contributed by atoms with Crippen LogP contribution in [0.2, 0.25) is 0 Å². The number of primary amides is 1. The van der Waals surface area contributed by atoms with Gasteiger partial charge in [0.15, 0.2) is 0 Å². The third kappa shape index (κ3) is 5.52. The van der Waals surface area contributed by atoms with Crippen LogP contribution in [0.15, 0.2) is 30.3 Å². The van der Waals surface area contributed by atoms with Gasteiger partial charge in [-0.3, -0.25) is 9.59 Å². The molecular formula is C19H23N3O4. The quantitative estimate of drug-likeness (QED) is 0.742. The number of nitrogens with one attached hydrogen (secondary N) is 1. The molecule has 1 aliphatic rings. The summed E-state index contributed by atoms with van der Waals surface area (Å²) in [4.78, 5) is 37.2. The van der Waals surface area contributed by atoms with E-state index in [-0.39, 0.29) is 24.9 Å². The number of likely N-dealkylation sites (tertiary alicyclic amines) is 1. The molecule has 0 aliphatic carbocycles. The Labute approximate surface area is 152 Å². The fourth-order valence-electron chi connectivity index (χ4n) is 2.77. The fraction of sp³-hybridized carbons (Fsp3) is 0.421. The van der Waals surface area contributed by atoms with Gasteiger partial charge in [0.05, 0.1) is 0 Å². The molecule has 2 rings (SSSR count). The molecular weight excluding hydrogens is 334 g/mol. The summed E-state index contributed by atoms with van der Waals surface area (Å²) in [6, 6.07) is 8.57. The first kappa shape index (κ1) is 19.3. The van der Waals surface area contributed by atoms with Crippen LogP contribution in [0.3, 0.4) is 0 Å². The Bertz CT molecular complexity index is 676. The molecule has 0 unspecified atom stereocenters. The number of nitrogens with two attached hydrogens (primary N) is 1. The van der Waals surface area contributed by atoms with E-state index in [1.807, 2.05) is 30.3 Å². The first-order valence-corrected chi connectivity index (χ1v) is 8.50. The van der Waals surface area contributed by atoms with Crippen molar-refractivity contribution in [3.63, 3.8) is 0 Å². The molecule has 26 heavy (non-hydrogen) atoms. The Morgan fingerprint density at radius 3 is 2.50 bits per heavy atom. The Hall–Kier alpha value is -3.01. The summed E-state index contributed by atoms with van der Waals surface area (Å²) in [5.41, 5.74) is 6.14. The molecule has 1 saturated heterocycles. The van der Waals surface area contributed by atoms with Crippen LogP contribution in [0.4, 0.5) is 4.79 Å². The van der Waals surface area contributed by atoms with E-state index in [1.54, 1.807) is 4.90 Å². The van der Waals surface area contributed by atoms with Crippen LogP contribution in [-0.4, -0.2) is 41.9 Å². The van der Waals surface area contributed by atoms with Crippen molar-refractivity contribution >= 4 is 17.9 Å². The normalized spacial score (nSPS) is 15.6. The van der Waals surface area contributed by atoms with Gasteiger partial charge >= 0.3 is 6.09 Å². The lowest BCUT2D eigenvalue weighted by Crippen LogP contribution is -2.49. The topological polar surface area (TPSA) is 102 Å². The van der Waals surface area contributed by atoms with Crippen molar-refractivity contribution in [3.05, 3.63) is 35.9 Å². The van der Waals surface area contributed by atoms with Crippen molar-refractivity contribution in [2.75, 3.05) is 13.1 Å². The SMILES string of the molecule is C#CC[C@H](NC(=O)C1CCN(C(=O)OCc2ccccc2)CC1)C(N)=O. The third-order valence-corrected chi connectivity index (χ3v) is 4.31. The molecule has 1 fully saturated rings. The average Bonchev–Trinajstić information content (AvgIpc) is 2.66. The Morgan fingerprint density at radius 1 is 1.27 bits per heavy atom. The van der Waals surface area contributed by atoms with Crippen molar-refractivity contribution in [2.24, 2.45) is 11.7 Å². The Morgan fingerprint density at radius 2 is 1.92 bits per heavy atom. The van der Waals surface area contributed by atoms with Crippen molar-refractivity contribution in [1.82, 2.24) is 10.2 Å². The number of piperidine rings is 1. The smallest absolute Gasteiger partial charge is 0.410 e. The van der Waals surface area contributed by atoms with E-state index in [0.717, 1.165) is 5.56 Å². The number of benzene rings is 1. The highest BCUT2D eigenvalue weighted by Gasteiger charge is 2.29. The van der Waals surface area contributed by atoms with Gasteiger partial charge in [-0.25, -0.2) is 4.79 Å². The van der Waals surface area contributed by atoms with Crippen LogP contribution < -0.4 is 11.1 Å². The summed E-state index contributed by atoms with van der Waals surface area (Å²) in [6.45, 7) is 1.05. The second-order valence-corrected chi connectivity index (χ2v) is 6.17. The van der Waals surface area contributed by atoms with Crippen LogP contribution in [0.5, 0.6) is 0 Å². The minimum atomic E-state index is -0.860. The summed E-state index contributed by atoms with van der Waals surface area (Å²) < 4.78 is 5.29. The van der Waals surface area contributed by atoms with E-state index in [4.69, 9.17) is 16.9 Å². The van der Waals surface area contributed by atoms with Crippen LogP contribution in [-0.2, 0) is 20.9 Å². The molecule has 0 bridgehead atoms. The second kappa shape index (κ2) is 9.47. The Balaban J connectivity index is 1.77. The van der Waals surface area contributed by atoms with Gasteiger partial charge in [0.25, 0.3) is 0 Å². The lowest BCUT2D eigenvalue weighted by Gasteiger charge is -2.31. The molecule has 1 aliphatic heterocycles. The largest absolute Gasteiger partial charge is 0.445 e. The Kier molecular flexibility index (Phi) is 7.03. The molecule has 1 heterocycles. The van der Waals surface area contributed by atoms with E-state index < -0.39 is 18.0 Å². The van der Waals surface area contributed by atoms with Crippen LogP contribution in [0.25, 0.3) is 0 Å². The van der Waals surface area contributed by atoms with Crippen molar-refractivity contribution in [1.29, 1.82) is 0 Å². The van der Waals surface area contributed by atoms with Gasteiger partial charge in [-0.05, 0) is 18.4 Å². The highest BCUT2D eigenvalue weighted by molar-refractivity contribution is 5.87. The summed E-state index contributed by atoms with van der Waals surface area (Å²) in [7, 11) is 0. The number of ether oxygens (including phenoxy) is 1. The fourth-order valence-corrected chi connectivity index (χ4v) is 2.77. The number of hydrogen-bond acceptors (Lipinski definition) is 4. The van der Waals surface area contributed by atoms with Crippen molar-refractivity contribution in [3.8, 4) is 12.3 Å². The number of terminal acetylenes is 1. The first-order chi connectivity index (χ1) is 12.5. The molecule has 0 aromatic heterocycles. The molecule has 1 aromatic rings. The number of carbonyl (C=O) groups excluding carboxylic acids is 3. The molecule has 0 radical (unpaired) electrons. The number of nitrogens with zero attached hydrogens (tertiary/aromatic N) is 1. The van der Waals surface area contributed by atoms with Crippen molar-refractivity contribution < 1.29 is 19.1 Å². The maximum Gasteiger partial charge on any atom is 0.410 e. The van der Waals surface area contributed by atoms with Crippen LogP contribution in [0.1, 0.15) is 24.8 Å². The predicted molar refractivity (Wildman–Crippen MR) is 95.5 cm³/mol. The zero-order chi connectivity index (χ0) is 18.9. The summed E-state index contributed by atoms with van der Waals surface area (Å²) in [5.74, 6) is 1.12. The molecule has 7 nitrogen and oxygen atoms in total. The molecule has 3 amide bonds. The van der Waals surface area contributed by atoms with Gasteiger partial charge in [0, 0.05) is 25.4 Å². The van der Waals surface area contributed by atoms with Gasteiger partial charge < -0.3 is 20.7 Å². The minimum Gasteiger partial charge on any atom is -0.445 e. The molecule has 1 atom stereocenters. The molecule has 3 N–H and O–H groups in total. The van der Waals surface area contributed by atoms with E-state index in [0.29, 0.717) is 25.9 Å². The van der Waals surface area contributed by atoms with Crippen molar-refractivity contribution in [2.45, 2.75) is 31.9 Å². The van der Waals surface area contributed by atoms with Gasteiger partial charge in [0.2, 0.25) is 11.8 Å².